The molecule has 0 N–H and O–H groups in total. The number of hydrogen-bond acceptors (Lipinski definition) is 3. The first-order valence-electron chi connectivity index (χ1n) is 12.9. The average molecular weight is 522 g/mol. The SMILES string of the molecule is CC(=O)C1CN(CC=C(C)CCC=C(C)CCC=C(C)CCC=C(C)C)CCN1CCCBr. The Labute approximate surface area is 213 Å². The molecular formula is C29H49BrN2O. The molecule has 0 aromatic heterocycles. The fraction of sp³-hybridized carbons (Fsp3) is 0.690. The van der Waals surface area contributed by atoms with Crippen LogP contribution in [0.2, 0.25) is 0 Å². The molecule has 1 unspecified atom stereocenters. The molecule has 0 aromatic carbocycles. The van der Waals surface area contributed by atoms with Gasteiger partial charge in [0, 0.05) is 31.5 Å². The van der Waals surface area contributed by atoms with Crippen molar-refractivity contribution in [2.45, 2.75) is 92.5 Å². The Morgan fingerprint density at radius 1 is 0.818 bits per heavy atom. The normalized spacial score (nSPS) is 19.1. The third-order valence-corrected chi connectivity index (χ3v) is 7.04. The predicted octanol–water partition coefficient (Wildman–Crippen LogP) is 7.49. The maximum atomic E-state index is 12.1. The molecule has 0 aliphatic carbocycles. The molecule has 0 radical (unpaired) electrons. The second-order valence-corrected chi connectivity index (χ2v) is 10.8. The summed E-state index contributed by atoms with van der Waals surface area (Å²) in [4.78, 5) is 16.9. The van der Waals surface area contributed by atoms with Gasteiger partial charge in [-0.1, -0.05) is 62.5 Å². The minimum atomic E-state index is 0.0574. The van der Waals surface area contributed by atoms with Crippen molar-refractivity contribution in [3.8, 4) is 0 Å². The van der Waals surface area contributed by atoms with E-state index in [1.807, 2.05) is 0 Å². The fourth-order valence-corrected chi connectivity index (χ4v) is 4.48. The molecule has 33 heavy (non-hydrogen) atoms. The highest BCUT2D eigenvalue weighted by Crippen LogP contribution is 2.15. The highest BCUT2D eigenvalue weighted by molar-refractivity contribution is 9.09. The van der Waals surface area contributed by atoms with E-state index in [-0.39, 0.29) is 6.04 Å². The van der Waals surface area contributed by atoms with Crippen LogP contribution in [0, 0.1) is 0 Å². The Kier molecular flexibility index (Phi) is 15.9. The number of halogens is 1. The quantitative estimate of drug-likeness (QED) is 0.165. The van der Waals surface area contributed by atoms with E-state index in [2.05, 4.69) is 84.7 Å². The molecule has 1 rings (SSSR count). The molecule has 0 spiro atoms. The standard InChI is InChI=1S/C29H49BrN2O/c1-24(2)11-7-12-25(3)13-8-14-26(4)15-9-16-27(5)17-20-31-21-22-32(19-10-18-30)29(23-31)28(6)33/h11,13,15,17,29H,7-10,12,14,16,18-23H2,1-6H3. The van der Waals surface area contributed by atoms with E-state index in [1.54, 1.807) is 6.92 Å². The maximum absolute atomic E-state index is 12.1. The average Bonchev–Trinajstić information content (AvgIpc) is 2.76. The van der Waals surface area contributed by atoms with Crippen molar-refractivity contribution in [3.05, 3.63) is 46.6 Å². The Morgan fingerprint density at radius 3 is 1.88 bits per heavy atom. The second-order valence-electron chi connectivity index (χ2n) is 10.0. The molecule has 1 aliphatic rings. The van der Waals surface area contributed by atoms with Gasteiger partial charge in [0.15, 0.2) is 0 Å². The molecule has 0 amide bonds. The van der Waals surface area contributed by atoms with Crippen molar-refractivity contribution in [1.82, 2.24) is 9.80 Å². The highest BCUT2D eigenvalue weighted by atomic mass is 79.9. The van der Waals surface area contributed by atoms with Crippen LogP contribution in [-0.2, 0) is 4.79 Å². The second kappa shape index (κ2) is 17.5. The van der Waals surface area contributed by atoms with Gasteiger partial charge < -0.3 is 0 Å². The van der Waals surface area contributed by atoms with Crippen LogP contribution in [0.15, 0.2) is 46.6 Å². The van der Waals surface area contributed by atoms with Gasteiger partial charge in [-0.05, 0) is 93.0 Å². The van der Waals surface area contributed by atoms with Gasteiger partial charge in [0.2, 0.25) is 0 Å². The molecule has 1 atom stereocenters. The van der Waals surface area contributed by atoms with Crippen LogP contribution in [0.4, 0.5) is 0 Å². The summed E-state index contributed by atoms with van der Waals surface area (Å²) in [7, 11) is 0. The molecule has 0 saturated carbocycles. The van der Waals surface area contributed by atoms with Crippen LogP contribution in [0.1, 0.15) is 86.5 Å². The van der Waals surface area contributed by atoms with Crippen LogP contribution in [0.5, 0.6) is 0 Å². The van der Waals surface area contributed by atoms with Crippen LogP contribution >= 0.6 is 15.9 Å². The molecule has 4 heteroatoms. The summed E-state index contributed by atoms with van der Waals surface area (Å²) in [5.74, 6) is 0.300. The van der Waals surface area contributed by atoms with E-state index in [0.29, 0.717) is 5.78 Å². The van der Waals surface area contributed by atoms with E-state index < -0.39 is 0 Å². The van der Waals surface area contributed by atoms with Gasteiger partial charge in [0.25, 0.3) is 0 Å². The lowest BCUT2D eigenvalue weighted by molar-refractivity contribution is -0.124. The zero-order chi connectivity index (χ0) is 24.6. The first-order valence-corrected chi connectivity index (χ1v) is 14.0. The molecule has 3 nitrogen and oxygen atoms in total. The number of nitrogens with zero attached hydrogens (tertiary/aromatic N) is 2. The lowest BCUT2D eigenvalue weighted by atomic mass is 10.0. The van der Waals surface area contributed by atoms with Gasteiger partial charge in [0.05, 0.1) is 6.04 Å². The number of hydrogen-bond donors (Lipinski definition) is 0. The molecule has 1 aliphatic heterocycles. The highest BCUT2D eigenvalue weighted by Gasteiger charge is 2.29. The lowest BCUT2D eigenvalue weighted by Crippen LogP contribution is -2.56. The summed E-state index contributed by atoms with van der Waals surface area (Å²) in [5.41, 5.74) is 5.87. The number of carbonyl (C=O) groups excluding carboxylic acids is 1. The number of allylic oxidation sites excluding steroid dienone is 7. The zero-order valence-corrected chi connectivity index (χ0v) is 23.8. The number of carbonyl (C=O) groups is 1. The van der Waals surface area contributed by atoms with Gasteiger partial charge in [-0.25, -0.2) is 0 Å². The van der Waals surface area contributed by atoms with Gasteiger partial charge in [-0.15, -0.1) is 0 Å². The van der Waals surface area contributed by atoms with Crippen molar-refractivity contribution in [2.24, 2.45) is 0 Å². The van der Waals surface area contributed by atoms with E-state index >= 15 is 0 Å². The summed E-state index contributed by atoms with van der Waals surface area (Å²) in [6, 6.07) is 0.0574. The number of Topliss-reactive ketones (excluding diaryl/α,β-unsaturated/α-hetero) is 1. The number of ketones is 1. The third kappa shape index (κ3) is 14.1. The van der Waals surface area contributed by atoms with Crippen LogP contribution in [0.3, 0.4) is 0 Å². The van der Waals surface area contributed by atoms with Crippen molar-refractivity contribution in [3.63, 3.8) is 0 Å². The fourth-order valence-electron chi connectivity index (χ4n) is 4.23. The van der Waals surface area contributed by atoms with Crippen molar-refractivity contribution < 1.29 is 4.79 Å². The Balaban J connectivity index is 2.35. The Morgan fingerprint density at radius 2 is 1.36 bits per heavy atom. The maximum Gasteiger partial charge on any atom is 0.148 e. The summed E-state index contributed by atoms with van der Waals surface area (Å²) in [5, 5.41) is 1.00. The van der Waals surface area contributed by atoms with Crippen LogP contribution in [-0.4, -0.2) is 59.7 Å². The molecule has 0 aromatic rings. The van der Waals surface area contributed by atoms with Gasteiger partial charge >= 0.3 is 0 Å². The molecule has 1 heterocycles. The minimum absolute atomic E-state index is 0.0574. The van der Waals surface area contributed by atoms with Crippen LogP contribution in [0.25, 0.3) is 0 Å². The van der Waals surface area contributed by atoms with Gasteiger partial charge in [-0.3, -0.25) is 14.6 Å². The molecule has 1 fully saturated rings. The summed E-state index contributed by atoms with van der Waals surface area (Å²) in [6.45, 7) is 17.7. The third-order valence-electron chi connectivity index (χ3n) is 6.48. The van der Waals surface area contributed by atoms with E-state index in [4.69, 9.17) is 0 Å². The van der Waals surface area contributed by atoms with E-state index in [0.717, 1.165) is 76.6 Å². The summed E-state index contributed by atoms with van der Waals surface area (Å²) in [6.07, 6.45) is 17.5. The topological polar surface area (TPSA) is 23.6 Å². The molecular weight excluding hydrogens is 472 g/mol. The van der Waals surface area contributed by atoms with E-state index in [9.17, 15) is 4.79 Å². The molecule has 0 bridgehead atoms. The summed E-state index contributed by atoms with van der Waals surface area (Å²) >= 11 is 3.51. The number of rotatable bonds is 15. The first kappa shape index (κ1) is 30.1. The first-order chi connectivity index (χ1) is 15.7. The lowest BCUT2D eigenvalue weighted by Gasteiger charge is -2.40. The Bertz CT molecular complexity index is 700. The number of piperazine rings is 1. The van der Waals surface area contributed by atoms with Crippen molar-refractivity contribution in [1.29, 1.82) is 0 Å². The molecule has 188 valence electrons. The summed E-state index contributed by atoms with van der Waals surface area (Å²) < 4.78 is 0. The van der Waals surface area contributed by atoms with Crippen molar-refractivity contribution >= 4 is 21.7 Å². The van der Waals surface area contributed by atoms with Gasteiger partial charge in [0.1, 0.15) is 5.78 Å². The predicted molar refractivity (Wildman–Crippen MR) is 149 cm³/mol. The molecule has 1 saturated heterocycles. The largest absolute Gasteiger partial charge is 0.298 e. The monoisotopic (exact) mass is 520 g/mol. The number of alkyl halides is 1. The van der Waals surface area contributed by atoms with E-state index in [1.165, 1.54) is 28.7 Å². The van der Waals surface area contributed by atoms with Crippen LogP contribution < -0.4 is 0 Å². The van der Waals surface area contributed by atoms with Gasteiger partial charge in [-0.2, -0.15) is 0 Å². The smallest absolute Gasteiger partial charge is 0.148 e. The van der Waals surface area contributed by atoms with Crippen molar-refractivity contribution in [2.75, 3.05) is 38.1 Å². The Hall–Kier alpha value is -0.970. The zero-order valence-electron chi connectivity index (χ0n) is 22.3. The minimum Gasteiger partial charge on any atom is -0.298 e.